The van der Waals surface area contributed by atoms with Crippen LogP contribution in [0, 0.1) is 0 Å². The summed E-state index contributed by atoms with van der Waals surface area (Å²) < 4.78 is 22.7. The number of carbonyl (C=O) groups excluding carboxylic acids is 2. The van der Waals surface area contributed by atoms with Crippen LogP contribution in [0.5, 0.6) is 17.2 Å². The van der Waals surface area contributed by atoms with Crippen LogP contribution < -0.4 is 24.8 Å². The monoisotopic (exact) mass is 488 g/mol. The molecule has 2 amide bonds. The van der Waals surface area contributed by atoms with Crippen LogP contribution >= 0.6 is 0 Å². The van der Waals surface area contributed by atoms with Crippen LogP contribution in [0.2, 0.25) is 0 Å². The second kappa shape index (κ2) is 11.3. The van der Waals surface area contributed by atoms with Gasteiger partial charge in [-0.3, -0.25) is 9.59 Å². The first-order valence-electron chi connectivity index (χ1n) is 11.8. The molecular weight excluding hydrogens is 460 g/mol. The molecule has 2 N–H and O–H groups in total. The molecule has 8 nitrogen and oxygen atoms in total. The third kappa shape index (κ3) is 5.60. The predicted molar refractivity (Wildman–Crippen MR) is 139 cm³/mol. The second-order valence-corrected chi connectivity index (χ2v) is 7.73. The minimum atomic E-state index is -0.357. The second-order valence-electron chi connectivity index (χ2n) is 7.73. The summed E-state index contributed by atoms with van der Waals surface area (Å²) in [6.07, 6.45) is 0. The fourth-order valence-electron chi connectivity index (χ4n) is 3.65. The van der Waals surface area contributed by atoms with Crippen molar-refractivity contribution >= 4 is 34.2 Å². The molecule has 0 aliphatic carbocycles. The standard InChI is InChI=1S/C28H28N2O6/c1-4-33-23-16-19(17-24(34-5-2)26(23)35-6-3)27(31)29-20-11-13-21(14-12-20)30-28(32)25-15-18-9-7-8-10-22(18)36-25/h7-17H,4-6H2,1-3H3,(H,29,31)(H,30,32). The summed E-state index contributed by atoms with van der Waals surface area (Å²) in [6.45, 7) is 6.85. The van der Waals surface area contributed by atoms with E-state index in [1.54, 1.807) is 42.5 Å². The number of anilines is 2. The Balaban J connectivity index is 1.46. The number of rotatable bonds is 10. The molecule has 0 fully saturated rings. The summed E-state index contributed by atoms with van der Waals surface area (Å²) in [7, 11) is 0. The lowest BCUT2D eigenvalue weighted by Crippen LogP contribution is -2.14. The molecule has 186 valence electrons. The van der Waals surface area contributed by atoms with E-state index in [4.69, 9.17) is 18.6 Å². The van der Waals surface area contributed by atoms with Gasteiger partial charge >= 0.3 is 0 Å². The highest BCUT2D eigenvalue weighted by atomic mass is 16.5. The highest BCUT2D eigenvalue weighted by molar-refractivity contribution is 6.06. The molecule has 8 heteroatoms. The van der Waals surface area contributed by atoms with Crippen molar-refractivity contribution in [2.45, 2.75) is 20.8 Å². The van der Waals surface area contributed by atoms with Crippen LogP contribution in [0.15, 0.2) is 71.1 Å². The van der Waals surface area contributed by atoms with Gasteiger partial charge in [0.15, 0.2) is 17.3 Å². The van der Waals surface area contributed by atoms with Gasteiger partial charge in [0, 0.05) is 22.3 Å². The van der Waals surface area contributed by atoms with Crippen molar-refractivity contribution in [3.63, 3.8) is 0 Å². The van der Waals surface area contributed by atoms with E-state index in [1.165, 1.54) is 0 Å². The molecule has 0 spiro atoms. The molecule has 0 saturated heterocycles. The molecule has 0 aliphatic rings. The van der Waals surface area contributed by atoms with Crippen LogP contribution in [0.3, 0.4) is 0 Å². The van der Waals surface area contributed by atoms with Crippen molar-refractivity contribution in [3.8, 4) is 17.2 Å². The van der Waals surface area contributed by atoms with Gasteiger partial charge < -0.3 is 29.3 Å². The molecule has 1 aromatic heterocycles. The van der Waals surface area contributed by atoms with Gasteiger partial charge in [-0.25, -0.2) is 0 Å². The summed E-state index contributed by atoms with van der Waals surface area (Å²) in [5, 5.41) is 6.51. The maximum absolute atomic E-state index is 13.0. The number of amides is 2. The van der Waals surface area contributed by atoms with Crippen molar-refractivity contribution in [3.05, 3.63) is 78.1 Å². The van der Waals surface area contributed by atoms with Crippen molar-refractivity contribution in [2.75, 3.05) is 30.5 Å². The van der Waals surface area contributed by atoms with Gasteiger partial charge in [0.1, 0.15) is 5.58 Å². The topological polar surface area (TPSA) is 99.0 Å². The zero-order valence-corrected chi connectivity index (χ0v) is 20.4. The summed E-state index contributed by atoms with van der Waals surface area (Å²) in [4.78, 5) is 25.6. The first kappa shape index (κ1) is 24.7. The molecule has 4 rings (SSSR count). The number of carbonyl (C=O) groups is 2. The molecule has 0 unspecified atom stereocenters. The molecular formula is C28H28N2O6. The molecule has 0 atom stereocenters. The lowest BCUT2D eigenvalue weighted by atomic mass is 10.1. The normalized spacial score (nSPS) is 10.6. The lowest BCUT2D eigenvalue weighted by Gasteiger charge is -2.17. The molecule has 0 aliphatic heterocycles. The predicted octanol–water partition coefficient (Wildman–Crippen LogP) is 6.13. The molecule has 36 heavy (non-hydrogen) atoms. The SMILES string of the molecule is CCOc1cc(C(=O)Nc2ccc(NC(=O)c3cc4ccccc4o3)cc2)cc(OCC)c1OCC. The maximum atomic E-state index is 13.0. The largest absolute Gasteiger partial charge is 0.490 e. The van der Waals surface area contributed by atoms with Gasteiger partial charge in [-0.05, 0) is 69.3 Å². The van der Waals surface area contributed by atoms with Crippen LogP contribution in [0.4, 0.5) is 11.4 Å². The highest BCUT2D eigenvalue weighted by Gasteiger charge is 2.19. The summed E-state index contributed by atoms with van der Waals surface area (Å²) >= 11 is 0. The third-order valence-corrected chi connectivity index (χ3v) is 5.22. The quantitative estimate of drug-likeness (QED) is 0.278. The van der Waals surface area contributed by atoms with Gasteiger partial charge in [-0.1, -0.05) is 18.2 Å². The number of benzene rings is 3. The Labute approximate surface area is 209 Å². The fourth-order valence-corrected chi connectivity index (χ4v) is 3.65. The van der Waals surface area contributed by atoms with E-state index in [-0.39, 0.29) is 17.6 Å². The van der Waals surface area contributed by atoms with Gasteiger partial charge in [-0.2, -0.15) is 0 Å². The van der Waals surface area contributed by atoms with Crippen molar-refractivity contribution < 1.29 is 28.2 Å². The average molecular weight is 489 g/mol. The first-order chi connectivity index (χ1) is 17.5. The van der Waals surface area contributed by atoms with E-state index in [0.717, 1.165) is 5.39 Å². The minimum Gasteiger partial charge on any atom is -0.490 e. The number of para-hydroxylation sites is 1. The fraction of sp³-hybridized carbons (Fsp3) is 0.214. The Bertz CT molecular complexity index is 1300. The molecule has 0 radical (unpaired) electrons. The van der Waals surface area contributed by atoms with Crippen molar-refractivity contribution in [1.82, 2.24) is 0 Å². The van der Waals surface area contributed by atoms with Gasteiger partial charge in [-0.15, -0.1) is 0 Å². The zero-order valence-electron chi connectivity index (χ0n) is 20.4. The van der Waals surface area contributed by atoms with Gasteiger partial charge in [0.25, 0.3) is 11.8 Å². The molecule has 3 aromatic carbocycles. The summed E-state index contributed by atoms with van der Waals surface area (Å²) in [5.41, 5.74) is 2.14. The Morgan fingerprint density at radius 1 is 0.722 bits per heavy atom. The Morgan fingerprint density at radius 2 is 1.28 bits per heavy atom. The van der Waals surface area contributed by atoms with Crippen LogP contribution in [-0.2, 0) is 0 Å². The average Bonchev–Trinajstić information content (AvgIpc) is 3.32. The number of hydrogen-bond donors (Lipinski definition) is 2. The van der Waals surface area contributed by atoms with Crippen LogP contribution in [0.25, 0.3) is 11.0 Å². The van der Waals surface area contributed by atoms with Crippen molar-refractivity contribution in [2.24, 2.45) is 0 Å². The van der Waals surface area contributed by atoms with E-state index < -0.39 is 0 Å². The Morgan fingerprint density at radius 3 is 1.83 bits per heavy atom. The first-order valence-corrected chi connectivity index (χ1v) is 11.8. The number of hydrogen-bond acceptors (Lipinski definition) is 6. The smallest absolute Gasteiger partial charge is 0.291 e. The minimum absolute atomic E-state index is 0.222. The zero-order chi connectivity index (χ0) is 25.5. The van der Waals surface area contributed by atoms with Gasteiger partial charge in [0.2, 0.25) is 5.75 Å². The Kier molecular flexibility index (Phi) is 7.75. The summed E-state index contributed by atoms with van der Waals surface area (Å²) in [6, 6.07) is 19.2. The molecule has 4 aromatic rings. The Hall–Kier alpha value is -4.46. The van der Waals surface area contributed by atoms with Crippen molar-refractivity contribution in [1.29, 1.82) is 0 Å². The van der Waals surface area contributed by atoms with E-state index in [0.29, 0.717) is 59.6 Å². The van der Waals surface area contributed by atoms with E-state index in [2.05, 4.69) is 10.6 Å². The van der Waals surface area contributed by atoms with E-state index >= 15 is 0 Å². The van der Waals surface area contributed by atoms with Crippen LogP contribution in [0.1, 0.15) is 41.7 Å². The molecule has 1 heterocycles. The highest BCUT2D eigenvalue weighted by Crippen LogP contribution is 2.39. The number of fused-ring (bicyclic) bond motifs is 1. The number of nitrogens with one attached hydrogen (secondary N) is 2. The lowest BCUT2D eigenvalue weighted by molar-refractivity contribution is 0.0996. The number of ether oxygens (including phenoxy) is 3. The maximum Gasteiger partial charge on any atom is 0.291 e. The van der Waals surface area contributed by atoms with Gasteiger partial charge in [0.05, 0.1) is 19.8 Å². The third-order valence-electron chi connectivity index (χ3n) is 5.22. The van der Waals surface area contributed by atoms with E-state index in [9.17, 15) is 9.59 Å². The molecule has 0 bridgehead atoms. The van der Waals surface area contributed by atoms with Crippen LogP contribution in [-0.4, -0.2) is 31.6 Å². The molecule has 0 saturated carbocycles. The summed E-state index contributed by atoms with van der Waals surface area (Å²) in [5.74, 6) is 0.892. The van der Waals surface area contributed by atoms with E-state index in [1.807, 2.05) is 45.0 Å². The number of furan rings is 1.